The van der Waals surface area contributed by atoms with Gasteiger partial charge in [0.1, 0.15) is 5.56 Å². The Labute approximate surface area is 86.1 Å². The summed E-state index contributed by atoms with van der Waals surface area (Å²) in [6.45, 7) is 8.41. The van der Waals surface area contributed by atoms with Gasteiger partial charge < -0.3 is 4.85 Å². The van der Waals surface area contributed by atoms with Crippen LogP contribution in [-0.4, -0.2) is 4.92 Å². The molecule has 14 heavy (non-hydrogen) atoms. The first-order chi connectivity index (χ1) is 6.57. The topological polar surface area (TPSA) is 47.5 Å². The van der Waals surface area contributed by atoms with Gasteiger partial charge in [0.2, 0.25) is 0 Å². The Bertz CT molecular complexity index is 412. The summed E-state index contributed by atoms with van der Waals surface area (Å²) in [7, 11) is 0. The smallest absolute Gasteiger partial charge is 0.281 e. The molecule has 0 amide bonds. The zero-order chi connectivity index (χ0) is 10.7. The highest BCUT2D eigenvalue weighted by Crippen LogP contribution is 2.33. The lowest BCUT2D eigenvalue weighted by Crippen LogP contribution is -1.97. The molecule has 0 aliphatic carbocycles. The fourth-order valence-electron chi connectivity index (χ4n) is 1.16. The van der Waals surface area contributed by atoms with Gasteiger partial charge in [0.15, 0.2) is 0 Å². The Morgan fingerprint density at radius 2 is 2.29 bits per heavy atom. The minimum atomic E-state index is -0.593. The summed E-state index contributed by atoms with van der Waals surface area (Å²) in [5.74, 6) is 0. The monoisotopic (exact) mass is 210 g/mol. The zero-order valence-corrected chi connectivity index (χ0v) is 8.15. The second-order valence-electron chi connectivity index (χ2n) is 2.73. The van der Waals surface area contributed by atoms with Crippen molar-refractivity contribution in [2.75, 3.05) is 0 Å². The molecule has 0 radical (unpaired) electrons. The highest BCUT2D eigenvalue weighted by atomic mass is 35.5. The summed E-state index contributed by atoms with van der Waals surface area (Å²) >= 11 is 5.80. The number of nitro groups is 1. The molecule has 1 aromatic rings. The molecule has 5 heteroatoms. The standard InChI is InChI=1S/C9H7ClN2O2/c1-6(11-2)9-7(10)4-3-5-8(9)12(13)14/h3-6H,1H3. The fraction of sp³-hybridized carbons (Fsp3) is 0.222. The Kier molecular flexibility index (Phi) is 3.05. The van der Waals surface area contributed by atoms with E-state index in [4.69, 9.17) is 18.2 Å². The Morgan fingerprint density at radius 1 is 1.64 bits per heavy atom. The van der Waals surface area contributed by atoms with Gasteiger partial charge >= 0.3 is 0 Å². The third-order valence-corrected chi connectivity index (χ3v) is 2.17. The molecule has 1 rings (SSSR count). The molecule has 1 unspecified atom stereocenters. The van der Waals surface area contributed by atoms with E-state index in [1.807, 2.05) is 0 Å². The molecule has 4 nitrogen and oxygen atoms in total. The highest BCUT2D eigenvalue weighted by molar-refractivity contribution is 6.31. The van der Waals surface area contributed by atoms with E-state index in [0.717, 1.165) is 0 Å². The van der Waals surface area contributed by atoms with Gasteiger partial charge in [0, 0.05) is 13.0 Å². The molecule has 0 aliphatic heterocycles. The lowest BCUT2D eigenvalue weighted by atomic mass is 10.1. The normalized spacial score (nSPS) is 11.8. The number of halogens is 1. The van der Waals surface area contributed by atoms with E-state index in [2.05, 4.69) is 4.85 Å². The van der Waals surface area contributed by atoms with Crippen molar-refractivity contribution in [1.82, 2.24) is 0 Å². The molecule has 0 aromatic heterocycles. The van der Waals surface area contributed by atoms with Gasteiger partial charge in [-0.25, -0.2) is 6.57 Å². The summed E-state index contributed by atoms with van der Waals surface area (Å²) in [6.07, 6.45) is 0. The summed E-state index contributed by atoms with van der Waals surface area (Å²) in [4.78, 5) is 13.3. The maximum Gasteiger partial charge on any atom is 0.281 e. The Hall–Kier alpha value is -1.60. The van der Waals surface area contributed by atoms with Gasteiger partial charge in [-0.2, -0.15) is 0 Å². The molecule has 0 fully saturated rings. The van der Waals surface area contributed by atoms with Crippen LogP contribution in [0.1, 0.15) is 18.5 Å². The van der Waals surface area contributed by atoms with Crippen LogP contribution in [0.25, 0.3) is 4.85 Å². The molecule has 1 aromatic carbocycles. The zero-order valence-electron chi connectivity index (χ0n) is 7.40. The molecule has 0 saturated carbocycles. The van der Waals surface area contributed by atoms with E-state index in [1.54, 1.807) is 13.0 Å². The van der Waals surface area contributed by atoms with Crippen molar-refractivity contribution in [2.24, 2.45) is 0 Å². The average molecular weight is 211 g/mol. The van der Waals surface area contributed by atoms with Crippen LogP contribution < -0.4 is 0 Å². The number of benzene rings is 1. The van der Waals surface area contributed by atoms with Crippen LogP contribution in [0.4, 0.5) is 5.69 Å². The first kappa shape index (κ1) is 10.5. The predicted molar refractivity (Wildman–Crippen MR) is 53.1 cm³/mol. The Balaban J connectivity index is 3.38. The maximum atomic E-state index is 10.6. The summed E-state index contributed by atoms with van der Waals surface area (Å²) in [5, 5.41) is 10.9. The van der Waals surface area contributed by atoms with Gasteiger partial charge in [-0.05, 0) is 6.07 Å². The van der Waals surface area contributed by atoms with E-state index < -0.39 is 11.0 Å². The predicted octanol–water partition coefficient (Wildman–Crippen LogP) is 3.23. The number of rotatable bonds is 2. The fourth-order valence-corrected chi connectivity index (χ4v) is 1.49. The highest BCUT2D eigenvalue weighted by Gasteiger charge is 2.24. The van der Waals surface area contributed by atoms with Crippen LogP contribution >= 0.6 is 11.6 Å². The molecule has 0 aliphatic rings. The van der Waals surface area contributed by atoms with Gasteiger partial charge in [0.25, 0.3) is 11.7 Å². The first-order valence-electron chi connectivity index (χ1n) is 3.87. The van der Waals surface area contributed by atoms with Crippen LogP contribution in [-0.2, 0) is 0 Å². The van der Waals surface area contributed by atoms with Crippen molar-refractivity contribution in [2.45, 2.75) is 13.0 Å². The molecular weight excluding hydrogens is 204 g/mol. The minimum Gasteiger partial charge on any atom is -0.308 e. The second-order valence-corrected chi connectivity index (χ2v) is 3.14. The van der Waals surface area contributed by atoms with Gasteiger partial charge in [-0.15, -0.1) is 0 Å². The van der Waals surface area contributed by atoms with E-state index in [1.165, 1.54) is 12.1 Å². The van der Waals surface area contributed by atoms with Crippen molar-refractivity contribution in [3.8, 4) is 0 Å². The SMILES string of the molecule is [C-]#[N+]C(C)c1c(Cl)cccc1[N+](=O)[O-]. The Morgan fingerprint density at radius 3 is 2.79 bits per heavy atom. The third kappa shape index (κ3) is 1.83. The number of hydrogen-bond acceptors (Lipinski definition) is 2. The van der Waals surface area contributed by atoms with Crippen LogP contribution in [0.5, 0.6) is 0 Å². The van der Waals surface area contributed by atoms with Crippen molar-refractivity contribution in [3.63, 3.8) is 0 Å². The number of nitrogens with zero attached hydrogens (tertiary/aromatic N) is 2. The summed E-state index contributed by atoms with van der Waals surface area (Å²) in [5.41, 5.74) is 0.190. The first-order valence-corrected chi connectivity index (χ1v) is 4.25. The average Bonchev–Trinajstić information content (AvgIpc) is 2.16. The number of hydrogen-bond donors (Lipinski definition) is 0. The molecule has 0 spiro atoms. The summed E-state index contributed by atoms with van der Waals surface area (Å²) in [6, 6.07) is 3.80. The van der Waals surface area contributed by atoms with Crippen molar-refractivity contribution >= 4 is 17.3 Å². The number of nitro benzene ring substituents is 1. The molecular formula is C9H7ClN2O2. The van der Waals surface area contributed by atoms with Crippen LogP contribution in [0, 0.1) is 16.7 Å². The quantitative estimate of drug-likeness (QED) is 0.427. The molecule has 0 bridgehead atoms. The van der Waals surface area contributed by atoms with Gasteiger partial charge in [-0.3, -0.25) is 10.1 Å². The lowest BCUT2D eigenvalue weighted by molar-refractivity contribution is -0.385. The lowest BCUT2D eigenvalue weighted by Gasteiger charge is -2.03. The second kappa shape index (κ2) is 4.07. The van der Waals surface area contributed by atoms with Gasteiger partial charge in [-0.1, -0.05) is 17.7 Å². The van der Waals surface area contributed by atoms with E-state index in [-0.39, 0.29) is 16.3 Å². The molecule has 1 atom stereocenters. The van der Waals surface area contributed by atoms with E-state index >= 15 is 0 Å². The van der Waals surface area contributed by atoms with Crippen molar-refractivity contribution in [3.05, 3.63) is 50.3 Å². The van der Waals surface area contributed by atoms with Crippen LogP contribution in [0.15, 0.2) is 18.2 Å². The largest absolute Gasteiger partial charge is 0.308 e. The maximum absolute atomic E-state index is 10.6. The van der Waals surface area contributed by atoms with E-state index in [0.29, 0.717) is 0 Å². The van der Waals surface area contributed by atoms with E-state index in [9.17, 15) is 10.1 Å². The van der Waals surface area contributed by atoms with Gasteiger partial charge in [0.05, 0.1) is 9.95 Å². The summed E-state index contributed by atoms with van der Waals surface area (Å²) < 4.78 is 0. The minimum absolute atomic E-state index is 0.0963. The van der Waals surface area contributed by atoms with Crippen LogP contribution in [0.2, 0.25) is 5.02 Å². The molecule has 0 N–H and O–H groups in total. The van der Waals surface area contributed by atoms with Crippen molar-refractivity contribution < 1.29 is 4.92 Å². The molecule has 72 valence electrons. The molecule has 0 saturated heterocycles. The molecule has 0 heterocycles. The third-order valence-electron chi connectivity index (χ3n) is 1.84. The van der Waals surface area contributed by atoms with Crippen molar-refractivity contribution in [1.29, 1.82) is 0 Å². The van der Waals surface area contributed by atoms with Crippen LogP contribution in [0.3, 0.4) is 0 Å².